The number of imide groups is 1. The van der Waals surface area contributed by atoms with Gasteiger partial charge in [-0.05, 0) is 79.1 Å². The fourth-order valence-electron chi connectivity index (χ4n) is 3.82. The fourth-order valence-corrected chi connectivity index (χ4v) is 3.82. The third-order valence-corrected chi connectivity index (χ3v) is 5.27. The van der Waals surface area contributed by atoms with E-state index >= 15 is 0 Å². The summed E-state index contributed by atoms with van der Waals surface area (Å²) in [6, 6.07) is 17.9. The topological polar surface area (TPSA) is 102 Å². The van der Waals surface area contributed by atoms with Crippen LogP contribution in [0.3, 0.4) is 0 Å². The summed E-state index contributed by atoms with van der Waals surface area (Å²) in [7, 11) is 1.53. The van der Waals surface area contributed by atoms with Gasteiger partial charge in [-0.2, -0.15) is 0 Å². The number of amides is 2. The molecule has 8 heteroatoms. The molecule has 1 aliphatic heterocycles. The Hall–Kier alpha value is -4.46. The summed E-state index contributed by atoms with van der Waals surface area (Å²) < 4.78 is 5.16. The molecule has 0 atom stereocenters. The van der Waals surface area contributed by atoms with E-state index in [1.807, 2.05) is 32.0 Å². The van der Waals surface area contributed by atoms with Crippen molar-refractivity contribution in [3.63, 3.8) is 0 Å². The zero-order chi connectivity index (χ0) is 23.7. The highest BCUT2D eigenvalue weighted by atomic mass is 16.6. The summed E-state index contributed by atoms with van der Waals surface area (Å²) in [5.41, 5.74) is 3.60. The molecule has 0 bridgehead atoms. The lowest BCUT2D eigenvalue weighted by Gasteiger charge is -2.16. The molecule has 1 heterocycles. The van der Waals surface area contributed by atoms with Gasteiger partial charge in [0, 0.05) is 17.8 Å². The first-order chi connectivity index (χ1) is 15.8. The van der Waals surface area contributed by atoms with E-state index in [0.717, 1.165) is 16.0 Å². The average molecular weight is 443 g/mol. The maximum Gasteiger partial charge on any atom is 0.282 e. The number of aryl methyl sites for hydroxylation is 2. The van der Waals surface area contributed by atoms with Gasteiger partial charge in [-0.1, -0.05) is 6.07 Å². The predicted octanol–water partition coefficient (Wildman–Crippen LogP) is 4.62. The Morgan fingerprint density at radius 1 is 0.879 bits per heavy atom. The Kier molecular flexibility index (Phi) is 5.66. The molecule has 2 amide bonds. The number of methoxy groups -OCH3 is 1. The number of rotatable bonds is 6. The second kappa shape index (κ2) is 8.58. The van der Waals surface area contributed by atoms with E-state index < -0.39 is 16.7 Å². The molecule has 0 aliphatic carbocycles. The van der Waals surface area contributed by atoms with Gasteiger partial charge in [0.05, 0.1) is 23.3 Å². The molecule has 0 saturated heterocycles. The molecule has 3 aromatic carbocycles. The molecular formula is C25H21N3O5. The van der Waals surface area contributed by atoms with Crippen LogP contribution in [-0.4, -0.2) is 23.8 Å². The van der Waals surface area contributed by atoms with Crippen molar-refractivity contribution in [1.82, 2.24) is 0 Å². The van der Waals surface area contributed by atoms with E-state index in [9.17, 15) is 19.7 Å². The van der Waals surface area contributed by atoms with Crippen LogP contribution < -0.4 is 15.0 Å². The van der Waals surface area contributed by atoms with Gasteiger partial charge >= 0.3 is 0 Å². The normalized spacial score (nSPS) is 13.5. The molecule has 166 valence electrons. The number of hydrogen-bond acceptors (Lipinski definition) is 6. The number of hydrogen-bond donors (Lipinski definition) is 1. The molecule has 0 aromatic heterocycles. The summed E-state index contributed by atoms with van der Waals surface area (Å²) in [6.07, 6.45) is 0. The lowest BCUT2D eigenvalue weighted by atomic mass is 10.0. The average Bonchev–Trinajstić information content (AvgIpc) is 3.02. The van der Waals surface area contributed by atoms with Crippen molar-refractivity contribution in [2.45, 2.75) is 13.8 Å². The molecule has 0 spiro atoms. The number of nitrogens with zero attached hydrogens (tertiary/aromatic N) is 2. The van der Waals surface area contributed by atoms with E-state index in [2.05, 4.69) is 5.32 Å². The maximum absolute atomic E-state index is 13.5. The highest BCUT2D eigenvalue weighted by Gasteiger charge is 2.40. The van der Waals surface area contributed by atoms with Gasteiger partial charge in [0.1, 0.15) is 11.4 Å². The van der Waals surface area contributed by atoms with Gasteiger partial charge in [-0.25, -0.2) is 4.90 Å². The Morgan fingerprint density at radius 2 is 1.48 bits per heavy atom. The van der Waals surface area contributed by atoms with Crippen LogP contribution in [-0.2, 0) is 9.59 Å². The lowest BCUT2D eigenvalue weighted by Crippen LogP contribution is -2.32. The van der Waals surface area contributed by atoms with E-state index in [1.165, 1.54) is 31.4 Å². The molecule has 1 aliphatic rings. The fraction of sp³-hybridized carbons (Fsp3) is 0.120. The van der Waals surface area contributed by atoms with Crippen LogP contribution >= 0.6 is 0 Å². The van der Waals surface area contributed by atoms with Crippen LogP contribution in [0.15, 0.2) is 72.4 Å². The summed E-state index contributed by atoms with van der Waals surface area (Å²) in [5.74, 6) is -0.446. The molecule has 0 unspecified atom stereocenters. The quantitative estimate of drug-likeness (QED) is 0.339. The SMILES string of the molecule is COc1ccc(N2C(=O)C(Nc3cc(C)cc(C)c3)=C(c3ccc([N+](=O)[O-])cc3)C2=O)cc1. The largest absolute Gasteiger partial charge is 0.497 e. The van der Waals surface area contributed by atoms with Crippen molar-refractivity contribution >= 4 is 34.4 Å². The summed E-state index contributed by atoms with van der Waals surface area (Å²) in [5, 5.41) is 14.2. The minimum absolute atomic E-state index is 0.105. The van der Waals surface area contributed by atoms with Crippen LogP contribution in [0.25, 0.3) is 5.57 Å². The number of nitro benzene ring substituents is 1. The minimum atomic E-state index is -0.522. The van der Waals surface area contributed by atoms with E-state index in [4.69, 9.17) is 4.74 Å². The Morgan fingerprint density at radius 3 is 2.03 bits per heavy atom. The van der Waals surface area contributed by atoms with Gasteiger partial charge in [0.15, 0.2) is 0 Å². The van der Waals surface area contributed by atoms with Gasteiger partial charge in [-0.3, -0.25) is 19.7 Å². The molecular weight excluding hydrogens is 422 g/mol. The number of nitro groups is 1. The standard InChI is InChI=1S/C25H21N3O5/c1-15-12-16(2)14-18(13-15)26-23-22(17-4-6-20(7-5-17)28(31)32)24(29)27(25(23)30)19-8-10-21(33-3)11-9-19/h4-14,26H,1-3H3. The Labute approximate surface area is 190 Å². The number of ether oxygens (including phenoxy) is 1. The van der Waals surface area contributed by atoms with Crippen LogP contribution in [0, 0.1) is 24.0 Å². The van der Waals surface area contributed by atoms with Crippen molar-refractivity contribution in [3.8, 4) is 5.75 Å². The van der Waals surface area contributed by atoms with Gasteiger partial charge in [0.2, 0.25) is 0 Å². The summed E-state index contributed by atoms with van der Waals surface area (Å²) >= 11 is 0. The molecule has 8 nitrogen and oxygen atoms in total. The first-order valence-electron chi connectivity index (χ1n) is 10.2. The zero-order valence-corrected chi connectivity index (χ0v) is 18.3. The summed E-state index contributed by atoms with van der Waals surface area (Å²) in [6.45, 7) is 3.88. The molecule has 0 fully saturated rings. The number of non-ortho nitro benzene ring substituents is 1. The molecule has 0 radical (unpaired) electrons. The van der Waals surface area contributed by atoms with Crippen molar-refractivity contribution < 1.29 is 19.2 Å². The Balaban J connectivity index is 1.81. The van der Waals surface area contributed by atoms with Crippen molar-refractivity contribution in [2.75, 3.05) is 17.3 Å². The van der Waals surface area contributed by atoms with Gasteiger partial charge < -0.3 is 10.1 Å². The van der Waals surface area contributed by atoms with Crippen LogP contribution in [0.4, 0.5) is 17.1 Å². The monoisotopic (exact) mass is 443 g/mol. The highest BCUT2D eigenvalue weighted by Crippen LogP contribution is 2.35. The van der Waals surface area contributed by atoms with Crippen LogP contribution in [0.2, 0.25) is 0 Å². The van der Waals surface area contributed by atoms with Crippen molar-refractivity contribution in [2.24, 2.45) is 0 Å². The van der Waals surface area contributed by atoms with Crippen LogP contribution in [0.5, 0.6) is 5.75 Å². The third kappa shape index (κ3) is 4.18. The number of carbonyl (C=O) groups excluding carboxylic acids is 2. The molecule has 4 rings (SSSR count). The van der Waals surface area contributed by atoms with Crippen molar-refractivity contribution in [3.05, 3.63) is 99.2 Å². The van der Waals surface area contributed by atoms with Gasteiger partial charge in [-0.15, -0.1) is 0 Å². The second-order valence-electron chi connectivity index (χ2n) is 7.70. The van der Waals surface area contributed by atoms with Gasteiger partial charge in [0.25, 0.3) is 17.5 Å². The first-order valence-corrected chi connectivity index (χ1v) is 10.2. The minimum Gasteiger partial charge on any atom is -0.497 e. The van der Waals surface area contributed by atoms with Crippen molar-refractivity contribution in [1.29, 1.82) is 0 Å². The van der Waals surface area contributed by atoms with E-state index in [1.54, 1.807) is 24.3 Å². The molecule has 1 N–H and O–H groups in total. The molecule has 3 aromatic rings. The highest BCUT2D eigenvalue weighted by molar-refractivity contribution is 6.46. The second-order valence-corrected chi connectivity index (χ2v) is 7.70. The summed E-state index contributed by atoms with van der Waals surface area (Å²) in [4.78, 5) is 38.5. The zero-order valence-electron chi connectivity index (χ0n) is 18.3. The number of carbonyl (C=O) groups is 2. The molecule has 0 saturated carbocycles. The van der Waals surface area contributed by atoms with Crippen LogP contribution in [0.1, 0.15) is 16.7 Å². The lowest BCUT2D eigenvalue weighted by molar-refractivity contribution is -0.384. The smallest absolute Gasteiger partial charge is 0.282 e. The number of nitrogens with one attached hydrogen (secondary N) is 1. The predicted molar refractivity (Wildman–Crippen MR) is 125 cm³/mol. The first kappa shape index (κ1) is 21.8. The molecule has 33 heavy (non-hydrogen) atoms. The number of anilines is 2. The third-order valence-electron chi connectivity index (χ3n) is 5.27. The number of benzene rings is 3. The van der Waals surface area contributed by atoms with E-state index in [-0.39, 0.29) is 17.0 Å². The van der Waals surface area contributed by atoms with E-state index in [0.29, 0.717) is 22.7 Å². The maximum atomic E-state index is 13.5. The Bertz CT molecular complexity index is 1270.